The van der Waals surface area contributed by atoms with Gasteiger partial charge in [-0.25, -0.2) is 8.42 Å². The van der Waals surface area contributed by atoms with Gasteiger partial charge in [-0.2, -0.15) is 0 Å². The summed E-state index contributed by atoms with van der Waals surface area (Å²) in [6.45, 7) is 1.42. The van der Waals surface area contributed by atoms with E-state index in [1.54, 1.807) is 43.3 Å². The number of hydrogen-bond acceptors (Lipinski definition) is 4. The molecule has 0 aromatic heterocycles. The van der Waals surface area contributed by atoms with Crippen molar-refractivity contribution < 1.29 is 18.0 Å². The first-order chi connectivity index (χ1) is 19.7. The molecule has 4 rings (SSSR count). The number of hydrogen-bond donors (Lipinski definition) is 1. The van der Waals surface area contributed by atoms with Crippen LogP contribution in [0.15, 0.2) is 119 Å². The van der Waals surface area contributed by atoms with E-state index in [1.807, 2.05) is 60.7 Å². The number of para-hydroxylation sites is 1. The highest BCUT2D eigenvalue weighted by Gasteiger charge is 2.34. The van der Waals surface area contributed by atoms with Crippen LogP contribution in [0.2, 0.25) is 0 Å². The molecule has 0 aliphatic rings. The Bertz CT molecular complexity index is 1600. The van der Waals surface area contributed by atoms with Crippen LogP contribution in [-0.2, 0) is 32.6 Å². The quantitative estimate of drug-likeness (QED) is 0.242. The zero-order valence-electron chi connectivity index (χ0n) is 22.9. The van der Waals surface area contributed by atoms with E-state index in [-0.39, 0.29) is 23.8 Å². The van der Waals surface area contributed by atoms with Gasteiger partial charge in [-0.05, 0) is 53.9 Å². The van der Waals surface area contributed by atoms with Crippen LogP contribution in [0.5, 0.6) is 0 Å². The number of benzene rings is 4. The monoisotopic (exact) mass is 633 g/mol. The normalized spacial score (nSPS) is 11.9. The van der Waals surface area contributed by atoms with E-state index >= 15 is 0 Å². The van der Waals surface area contributed by atoms with Gasteiger partial charge >= 0.3 is 0 Å². The van der Waals surface area contributed by atoms with Gasteiger partial charge in [0.1, 0.15) is 12.6 Å². The molecule has 9 heteroatoms. The Balaban J connectivity index is 1.79. The van der Waals surface area contributed by atoms with Crippen LogP contribution in [0, 0.1) is 6.92 Å². The zero-order valence-corrected chi connectivity index (χ0v) is 25.3. The number of amides is 2. The largest absolute Gasteiger partial charge is 0.357 e. The zero-order chi connectivity index (χ0) is 29.4. The fourth-order valence-corrected chi connectivity index (χ4v) is 6.58. The van der Waals surface area contributed by atoms with E-state index in [1.165, 1.54) is 24.1 Å². The highest BCUT2D eigenvalue weighted by molar-refractivity contribution is 9.10. The Morgan fingerprint density at radius 3 is 2.07 bits per heavy atom. The summed E-state index contributed by atoms with van der Waals surface area (Å²) in [6, 6.07) is 31.1. The topological polar surface area (TPSA) is 86.8 Å². The van der Waals surface area contributed by atoms with Crippen molar-refractivity contribution in [2.75, 3.05) is 17.9 Å². The van der Waals surface area contributed by atoms with Gasteiger partial charge in [0, 0.05) is 24.5 Å². The molecule has 7 nitrogen and oxygen atoms in total. The van der Waals surface area contributed by atoms with E-state index in [9.17, 15) is 18.0 Å². The summed E-state index contributed by atoms with van der Waals surface area (Å²) >= 11 is 3.48. The average molecular weight is 635 g/mol. The first-order valence-corrected chi connectivity index (χ1v) is 15.4. The molecule has 0 saturated carbocycles. The molecule has 0 aliphatic heterocycles. The molecule has 0 bridgehead atoms. The van der Waals surface area contributed by atoms with Crippen molar-refractivity contribution in [2.45, 2.75) is 30.8 Å². The second-order valence-electron chi connectivity index (χ2n) is 9.58. The molecular weight excluding hydrogens is 602 g/mol. The Morgan fingerprint density at radius 2 is 1.44 bits per heavy atom. The maximum Gasteiger partial charge on any atom is 0.264 e. The van der Waals surface area contributed by atoms with E-state index in [0.717, 1.165) is 19.9 Å². The van der Waals surface area contributed by atoms with Gasteiger partial charge in [-0.3, -0.25) is 13.9 Å². The summed E-state index contributed by atoms with van der Waals surface area (Å²) in [4.78, 5) is 29.1. The number of rotatable bonds is 11. The molecule has 0 heterocycles. The summed E-state index contributed by atoms with van der Waals surface area (Å²) in [5.41, 5.74) is 2.76. The molecule has 0 saturated heterocycles. The molecule has 1 atom stereocenters. The third kappa shape index (κ3) is 7.42. The van der Waals surface area contributed by atoms with Gasteiger partial charge in [0.25, 0.3) is 10.0 Å². The Hall–Kier alpha value is -3.95. The molecule has 41 heavy (non-hydrogen) atoms. The maximum absolute atomic E-state index is 14.3. The molecule has 0 radical (unpaired) electrons. The molecule has 0 unspecified atom stereocenters. The lowest BCUT2D eigenvalue weighted by Gasteiger charge is -2.34. The maximum atomic E-state index is 14.3. The van der Waals surface area contributed by atoms with Crippen molar-refractivity contribution in [3.05, 3.63) is 130 Å². The number of nitrogens with one attached hydrogen (secondary N) is 1. The van der Waals surface area contributed by atoms with Crippen LogP contribution < -0.4 is 9.62 Å². The van der Waals surface area contributed by atoms with Crippen LogP contribution in [0.1, 0.15) is 16.7 Å². The lowest BCUT2D eigenvalue weighted by atomic mass is 10.0. The van der Waals surface area contributed by atoms with Gasteiger partial charge in [-0.15, -0.1) is 0 Å². The molecule has 0 spiro atoms. The lowest BCUT2D eigenvalue weighted by molar-refractivity contribution is -0.139. The number of carbonyl (C=O) groups is 2. The van der Waals surface area contributed by atoms with Crippen molar-refractivity contribution in [3.8, 4) is 0 Å². The number of likely N-dealkylation sites (N-methyl/N-ethyl adjacent to an activating group) is 1. The molecule has 4 aromatic rings. The minimum absolute atomic E-state index is 0.0710. The van der Waals surface area contributed by atoms with Crippen molar-refractivity contribution in [2.24, 2.45) is 0 Å². The minimum atomic E-state index is -4.12. The van der Waals surface area contributed by atoms with Crippen LogP contribution in [0.25, 0.3) is 0 Å². The molecule has 1 N–H and O–H groups in total. The van der Waals surface area contributed by atoms with Crippen LogP contribution >= 0.6 is 15.9 Å². The first-order valence-electron chi connectivity index (χ1n) is 13.1. The number of nitrogens with zero attached hydrogens (tertiary/aromatic N) is 2. The fraction of sp³-hybridized carbons (Fsp3) is 0.188. The summed E-state index contributed by atoms with van der Waals surface area (Å²) in [5, 5.41) is 2.69. The average Bonchev–Trinajstić information content (AvgIpc) is 2.98. The van der Waals surface area contributed by atoms with E-state index in [2.05, 4.69) is 21.2 Å². The van der Waals surface area contributed by atoms with Gasteiger partial charge < -0.3 is 10.2 Å². The number of sulfonamides is 1. The second-order valence-corrected chi connectivity index (χ2v) is 12.4. The van der Waals surface area contributed by atoms with Crippen molar-refractivity contribution in [3.63, 3.8) is 0 Å². The smallest absolute Gasteiger partial charge is 0.264 e. The number of halogens is 1. The van der Waals surface area contributed by atoms with E-state index in [4.69, 9.17) is 0 Å². The molecular formula is C32H32BrN3O4S. The Labute approximate surface area is 250 Å². The van der Waals surface area contributed by atoms with Crippen molar-refractivity contribution >= 4 is 43.5 Å². The van der Waals surface area contributed by atoms with Crippen LogP contribution in [-0.4, -0.2) is 44.8 Å². The Morgan fingerprint density at radius 1 is 0.829 bits per heavy atom. The molecule has 2 amide bonds. The summed E-state index contributed by atoms with van der Waals surface area (Å²) in [7, 11) is -2.59. The summed E-state index contributed by atoms with van der Waals surface area (Å²) in [6.07, 6.45) is 0.260. The number of carbonyl (C=O) groups excluding carboxylic acids is 2. The summed E-state index contributed by atoms with van der Waals surface area (Å²) in [5.74, 6) is -0.845. The first kappa shape index (κ1) is 30.0. The predicted octanol–water partition coefficient (Wildman–Crippen LogP) is 5.34. The van der Waals surface area contributed by atoms with Gasteiger partial charge in [0.15, 0.2) is 0 Å². The third-order valence-corrected chi connectivity index (χ3v) is 9.02. The van der Waals surface area contributed by atoms with Gasteiger partial charge in [0.2, 0.25) is 11.8 Å². The number of aryl methyl sites for hydroxylation is 1. The van der Waals surface area contributed by atoms with Crippen molar-refractivity contribution in [1.29, 1.82) is 0 Å². The fourth-order valence-electron chi connectivity index (χ4n) is 4.63. The number of anilines is 1. The summed E-state index contributed by atoms with van der Waals surface area (Å²) < 4.78 is 29.9. The third-order valence-electron chi connectivity index (χ3n) is 6.75. The Kier molecular flexibility index (Phi) is 9.96. The van der Waals surface area contributed by atoms with Crippen LogP contribution in [0.3, 0.4) is 0 Å². The second kappa shape index (κ2) is 13.6. The van der Waals surface area contributed by atoms with Gasteiger partial charge in [0.05, 0.1) is 10.6 Å². The van der Waals surface area contributed by atoms with E-state index < -0.39 is 28.5 Å². The van der Waals surface area contributed by atoms with Crippen molar-refractivity contribution in [1.82, 2.24) is 10.2 Å². The van der Waals surface area contributed by atoms with Gasteiger partial charge in [-0.1, -0.05) is 94.8 Å². The SMILES string of the molecule is CNC(=O)[C@@H](Cc1ccccc1)N(Cc1cccc(Br)c1)C(=O)CN(c1ccccc1C)S(=O)(=O)c1ccccc1. The lowest BCUT2D eigenvalue weighted by Crippen LogP contribution is -2.53. The highest BCUT2D eigenvalue weighted by atomic mass is 79.9. The molecule has 0 aliphatic carbocycles. The highest BCUT2D eigenvalue weighted by Crippen LogP contribution is 2.27. The molecule has 0 fully saturated rings. The van der Waals surface area contributed by atoms with Crippen LogP contribution in [0.4, 0.5) is 5.69 Å². The van der Waals surface area contributed by atoms with E-state index in [0.29, 0.717) is 11.3 Å². The predicted molar refractivity (Wildman–Crippen MR) is 165 cm³/mol. The molecule has 4 aromatic carbocycles. The minimum Gasteiger partial charge on any atom is -0.357 e. The molecule has 212 valence electrons. The standard InChI is InChI=1S/C32H32BrN3O4S/c1-24-12-9-10-19-29(24)36(41(39,40)28-17-7-4-8-18-28)23-31(37)35(22-26-15-11-16-27(33)20-26)30(32(38)34-2)21-25-13-5-3-6-14-25/h3-20,30H,21-23H2,1-2H3,(H,34,38)/t30-/m1/s1.